The van der Waals surface area contributed by atoms with E-state index in [1.165, 1.54) is 19.3 Å². The lowest BCUT2D eigenvalue weighted by molar-refractivity contribution is -0.121. The fourth-order valence-electron chi connectivity index (χ4n) is 1.88. The second kappa shape index (κ2) is 6.24. The van der Waals surface area contributed by atoms with Crippen molar-refractivity contribution in [2.24, 2.45) is 11.8 Å². The van der Waals surface area contributed by atoms with Gasteiger partial charge in [0.05, 0.1) is 6.54 Å². The van der Waals surface area contributed by atoms with Crippen molar-refractivity contribution in [1.29, 1.82) is 0 Å². The predicted molar refractivity (Wildman–Crippen MR) is 67.2 cm³/mol. The Morgan fingerprint density at radius 1 is 1.38 bits per heavy atom. The average Bonchev–Trinajstić information content (AvgIpc) is 2.94. The first-order valence-electron chi connectivity index (χ1n) is 6.57. The van der Waals surface area contributed by atoms with Crippen LogP contribution in [0, 0.1) is 11.8 Å². The van der Waals surface area contributed by atoms with Gasteiger partial charge in [-0.2, -0.15) is 0 Å². The third kappa shape index (κ3) is 4.52. The number of hydrogen-bond acceptors (Lipinski definition) is 2. The lowest BCUT2D eigenvalue weighted by Gasteiger charge is -2.17. The van der Waals surface area contributed by atoms with E-state index in [9.17, 15) is 4.79 Å². The Morgan fingerprint density at radius 2 is 2.06 bits per heavy atom. The lowest BCUT2D eigenvalue weighted by atomic mass is 10.1. The van der Waals surface area contributed by atoms with E-state index in [0.29, 0.717) is 18.5 Å². The summed E-state index contributed by atoms with van der Waals surface area (Å²) in [4.78, 5) is 11.6. The van der Waals surface area contributed by atoms with Gasteiger partial charge >= 0.3 is 0 Å². The molecule has 3 atom stereocenters. The van der Waals surface area contributed by atoms with Crippen LogP contribution < -0.4 is 10.6 Å². The Hall–Kier alpha value is -0.570. The Morgan fingerprint density at radius 3 is 2.62 bits per heavy atom. The molecule has 1 aliphatic rings. The van der Waals surface area contributed by atoms with Gasteiger partial charge in [0.15, 0.2) is 0 Å². The molecule has 0 heterocycles. The average molecular weight is 226 g/mol. The van der Waals surface area contributed by atoms with Gasteiger partial charge in [-0.25, -0.2) is 0 Å². The van der Waals surface area contributed by atoms with Crippen molar-refractivity contribution in [2.75, 3.05) is 6.54 Å². The summed E-state index contributed by atoms with van der Waals surface area (Å²) in [7, 11) is 0. The van der Waals surface area contributed by atoms with Crippen molar-refractivity contribution < 1.29 is 4.79 Å². The minimum atomic E-state index is 0.128. The van der Waals surface area contributed by atoms with Crippen LogP contribution in [0.3, 0.4) is 0 Å². The van der Waals surface area contributed by atoms with Gasteiger partial charge in [-0.1, -0.05) is 27.2 Å². The van der Waals surface area contributed by atoms with Crippen LogP contribution in [0.5, 0.6) is 0 Å². The molecular formula is C13H26N2O. The monoisotopic (exact) mass is 226 g/mol. The van der Waals surface area contributed by atoms with Crippen LogP contribution in [-0.2, 0) is 4.79 Å². The molecule has 1 amide bonds. The first-order chi connectivity index (χ1) is 7.54. The maximum absolute atomic E-state index is 11.6. The lowest BCUT2D eigenvalue weighted by Crippen LogP contribution is -2.42. The van der Waals surface area contributed by atoms with E-state index >= 15 is 0 Å². The van der Waals surface area contributed by atoms with Gasteiger partial charge in [0.25, 0.3) is 0 Å². The Balaban J connectivity index is 2.08. The van der Waals surface area contributed by atoms with Crippen molar-refractivity contribution in [1.82, 2.24) is 10.6 Å². The summed E-state index contributed by atoms with van der Waals surface area (Å²) >= 11 is 0. The van der Waals surface area contributed by atoms with Crippen LogP contribution in [0.15, 0.2) is 0 Å². The molecule has 0 aromatic heterocycles. The Labute approximate surface area is 99.4 Å². The normalized spacial score (nSPS) is 25.6. The minimum Gasteiger partial charge on any atom is -0.352 e. The number of hydrogen-bond donors (Lipinski definition) is 2. The number of amides is 1. The molecule has 0 aromatic rings. The van der Waals surface area contributed by atoms with Crippen LogP contribution in [0.4, 0.5) is 0 Å². The molecule has 16 heavy (non-hydrogen) atoms. The summed E-state index contributed by atoms with van der Waals surface area (Å²) in [5.41, 5.74) is 0. The number of nitrogens with one attached hydrogen (secondary N) is 2. The molecule has 3 unspecified atom stereocenters. The fraction of sp³-hybridized carbons (Fsp3) is 0.923. The van der Waals surface area contributed by atoms with E-state index in [2.05, 4.69) is 38.3 Å². The van der Waals surface area contributed by atoms with E-state index in [1.54, 1.807) is 0 Å². The van der Waals surface area contributed by atoms with Gasteiger partial charge < -0.3 is 10.6 Å². The summed E-state index contributed by atoms with van der Waals surface area (Å²) in [5.74, 6) is 1.45. The van der Waals surface area contributed by atoms with Gasteiger partial charge in [0, 0.05) is 12.1 Å². The quantitative estimate of drug-likeness (QED) is 0.696. The molecule has 1 fully saturated rings. The number of carbonyl (C=O) groups excluding carboxylic acids is 1. The largest absolute Gasteiger partial charge is 0.352 e. The third-order valence-corrected chi connectivity index (χ3v) is 3.50. The van der Waals surface area contributed by atoms with Crippen LogP contribution in [0.1, 0.15) is 47.0 Å². The predicted octanol–water partition coefficient (Wildman–Crippen LogP) is 1.93. The summed E-state index contributed by atoms with van der Waals surface area (Å²) in [6.07, 6.45) is 3.79. The minimum absolute atomic E-state index is 0.128. The smallest absolute Gasteiger partial charge is 0.234 e. The summed E-state index contributed by atoms with van der Waals surface area (Å²) in [5, 5.41) is 6.33. The number of carbonyl (C=O) groups is 1. The van der Waals surface area contributed by atoms with E-state index in [1.807, 2.05) is 0 Å². The molecule has 1 rings (SSSR count). The first-order valence-corrected chi connectivity index (χ1v) is 6.57. The molecule has 3 heteroatoms. The molecule has 1 aliphatic carbocycles. The van der Waals surface area contributed by atoms with Gasteiger partial charge in [-0.15, -0.1) is 0 Å². The molecule has 0 aromatic carbocycles. The Bertz CT molecular complexity index is 228. The van der Waals surface area contributed by atoms with E-state index in [4.69, 9.17) is 0 Å². The molecule has 3 nitrogen and oxygen atoms in total. The highest BCUT2D eigenvalue weighted by atomic mass is 16.1. The van der Waals surface area contributed by atoms with Crippen LogP contribution in [0.2, 0.25) is 0 Å². The fourth-order valence-corrected chi connectivity index (χ4v) is 1.88. The van der Waals surface area contributed by atoms with Gasteiger partial charge in [-0.3, -0.25) is 4.79 Å². The van der Waals surface area contributed by atoms with Gasteiger partial charge in [0.2, 0.25) is 5.91 Å². The van der Waals surface area contributed by atoms with Crippen molar-refractivity contribution in [2.45, 2.75) is 59.0 Å². The second-order valence-corrected chi connectivity index (χ2v) is 5.37. The van der Waals surface area contributed by atoms with E-state index in [-0.39, 0.29) is 11.9 Å². The molecule has 1 saturated carbocycles. The van der Waals surface area contributed by atoms with Crippen LogP contribution >= 0.6 is 0 Å². The standard InChI is InChI=1S/C13H26N2O/c1-5-6-11-7-12(11)14-8-13(16)15-10(4)9(2)3/h9-12,14H,5-8H2,1-4H3,(H,15,16). The summed E-state index contributed by atoms with van der Waals surface area (Å²) < 4.78 is 0. The van der Waals surface area contributed by atoms with Crippen LogP contribution in [-0.4, -0.2) is 24.5 Å². The molecule has 0 spiro atoms. The maximum Gasteiger partial charge on any atom is 0.234 e. The molecular weight excluding hydrogens is 200 g/mol. The van der Waals surface area contributed by atoms with Crippen LogP contribution in [0.25, 0.3) is 0 Å². The zero-order chi connectivity index (χ0) is 12.1. The van der Waals surface area contributed by atoms with Crippen molar-refractivity contribution in [3.63, 3.8) is 0 Å². The molecule has 94 valence electrons. The summed E-state index contributed by atoms with van der Waals surface area (Å²) in [6.45, 7) is 8.99. The Kier molecular flexibility index (Phi) is 5.26. The summed E-state index contributed by atoms with van der Waals surface area (Å²) in [6, 6.07) is 0.861. The highest BCUT2D eigenvalue weighted by Gasteiger charge is 2.35. The SMILES string of the molecule is CCCC1CC1NCC(=O)NC(C)C(C)C. The second-order valence-electron chi connectivity index (χ2n) is 5.37. The molecule has 2 N–H and O–H groups in total. The highest BCUT2D eigenvalue weighted by molar-refractivity contribution is 5.78. The van der Waals surface area contributed by atoms with Gasteiger partial charge in [0.1, 0.15) is 0 Å². The number of rotatable bonds is 7. The zero-order valence-electron chi connectivity index (χ0n) is 11.0. The molecule has 0 bridgehead atoms. The highest BCUT2D eigenvalue weighted by Crippen LogP contribution is 2.34. The third-order valence-electron chi connectivity index (χ3n) is 3.50. The molecule has 0 saturated heterocycles. The first kappa shape index (κ1) is 13.5. The van der Waals surface area contributed by atoms with Gasteiger partial charge in [-0.05, 0) is 31.6 Å². The van der Waals surface area contributed by atoms with E-state index in [0.717, 1.165) is 5.92 Å². The topological polar surface area (TPSA) is 41.1 Å². The van der Waals surface area contributed by atoms with Crippen molar-refractivity contribution in [3.05, 3.63) is 0 Å². The molecule has 0 radical (unpaired) electrons. The van der Waals surface area contributed by atoms with E-state index < -0.39 is 0 Å². The molecule has 0 aliphatic heterocycles. The zero-order valence-corrected chi connectivity index (χ0v) is 11.0. The maximum atomic E-state index is 11.6. The van der Waals surface area contributed by atoms with Crippen molar-refractivity contribution >= 4 is 5.91 Å². The van der Waals surface area contributed by atoms with Crippen molar-refractivity contribution in [3.8, 4) is 0 Å².